The Kier molecular flexibility index (Phi) is 6.01. The molecule has 1 heterocycles. The topological polar surface area (TPSA) is 153 Å². The third kappa shape index (κ3) is 4.01. The number of carbonyl (C=O) groups is 4. The first-order valence-corrected chi connectivity index (χ1v) is 6.96. The average Bonchev–Trinajstić information content (AvgIpc) is 2.86. The van der Waals surface area contributed by atoms with E-state index in [4.69, 9.17) is 21.3 Å². The summed E-state index contributed by atoms with van der Waals surface area (Å²) < 4.78 is 4.73. The molecule has 1 aliphatic rings. The Bertz CT molecular complexity index is 480. The molecule has 1 amide bonds. The lowest BCUT2D eigenvalue weighted by Gasteiger charge is -2.32. The van der Waals surface area contributed by atoms with E-state index in [1.54, 1.807) is 0 Å². The van der Waals surface area contributed by atoms with Crippen molar-refractivity contribution in [2.75, 3.05) is 13.1 Å². The zero-order valence-corrected chi connectivity index (χ0v) is 12.4. The molecule has 0 saturated carbocycles. The van der Waals surface area contributed by atoms with Gasteiger partial charge >= 0.3 is 17.9 Å². The minimum Gasteiger partial charge on any atom is -0.481 e. The van der Waals surface area contributed by atoms with E-state index in [0.29, 0.717) is 19.4 Å². The summed E-state index contributed by atoms with van der Waals surface area (Å²) in [5.41, 5.74) is 9.54. The summed E-state index contributed by atoms with van der Waals surface area (Å²) in [5.74, 6) is -3.38. The molecule has 0 unspecified atom stereocenters. The van der Waals surface area contributed by atoms with E-state index >= 15 is 0 Å². The van der Waals surface area contributed by atoms with Gasteiger partial charge in [0, 0.05) is 13.0 Å². The lowest BCUT2D eigenvalue weighted by atomic mass is 9.99. The number of carbonyl (C=O) groups excluding carboxylic acids is 3. The van der Waals surface area contributed by atoms with E-state index in [2.05, 4.69) is 0 Å². The molecule has 0 bridgehead atoms. The Balaban J connectivity index is 2.68. The van der Waals surface area contributed by atoms with Gasteiger partial charge in [0.05, 0.1) is 6.54 Å². The van der Waals surface area contributed by atoms with E-state index in [1.807, 2.05) is 0 Å². The SMILES string of the molecule is C[C@@]1(C(=O)OC(=O)[C@@H](N)CCC(=O)O)CCCN1C(=O)CN. The lowest BCUT2D eigenvalue weighted by Crippen LogP contribution is -2.54. The van der Waals surface area contributed by atoms with Crippen molar-refractivity contribution in [2.45, 2.75) is 44.2 Å². The molecule has 9 heteroatoms. The number of ether oxygens (including phenoxy) is 1. The van der Waals surface area contributed by atoms with Gasteiger partial charge in [-0.3, -0.25) is 9.59 Å². The number of carboxylic acids is 1. The third-order valence-corrected chi connectivity index (χ3v) is 3.72. The number of hydrogen-bond acceptors (Lipinski definition) is 7. The molecule has 0 radical (unpaired) electrons. The molecule has 0 aromatic rings. The summed E-state index contributed by atoms with van der Waals surface area (Å²) in [5, 5.41) is 8.53. The quantitative estimate of drug-likeness (QED) is 0.399. The molecule has 1 saturated heterocycles. The van der Waals surface area contributed by atoms with Crippen molar-refractivity contribution in [3.05, 3.63) is 0 Å². The van der Waals surface area contributed by atoms with Gasteiger partial charge in [-0.25, -0.2) is 9.59 Å². The predicted molar refractivity (Wildman–Crippen MR) is 74.4 cm³/mol. The van der Waals surface area contributed by atoms with Crippen LogP contribution in [0.2, 0.25) is 0 Å². The van der Waals surface area contributed by atoms with Crippen LogP contribution in [0.4, 0.5) is 0 Å². The number of likely N-dealkylation sites (tertiary alicyclic amines) is 1. The van der Waals surface area contributed by atoms with Crippen LogP contribution in [0.1, 0.15) is 32.6 Å². The van der Waals surface area contributed by atoms with Gasteiger partial charge in [0.1, 0.15) is 11.6 Å². The van der Waals surface area contributed by atoms with Crippen LogP contribution in [0.15, 0.2) is 0 Å². The summed E-state index contributed by atoms with van der Waals surface area (Å²) in [6, 6.07) is -1.20. The van der Waals surface area contributed by atoms with Crippen LogP contribution >= 0.6 is 0 Å². The fourth-order valence-corrected chi connectivity index (χ4v) is 2.36. The Morgan fingerprint density at radius 2 is 2.00 bits per heavy atom. The van der Waals surface area contributed by atoms with Crippen molar-refractivity contribution >= 4 is 23.8 Å². The smallest absolute Gasteiger partial charge is 0.339 e. The van der Waals surface area contributed by atoms with Crippen LogP contribution in [0.3, 0.4) is 0 Å². The second-order valence-corrected chi connectivity index (χ2v) is 5.37. The third-order valence-electron chi connectivity index (χ3n) is 3.72. The molecular weight excluding hydrogens is 294 g/mol. The summed E-state index contributed by atoms with van der Waals surface area (Å²) in [4.78, 5) is 47.4. The van der Waals surface area contributed by atoms with E-state index in [-0.39, 0.29) is 19.4 Å². The maximum atomic E-state index is 12.2. The van der Waals surface area contributed by atoms with Gasteiger partial charge in [-0.1, -0.05) is 0 Å². The van der Waals surface area contributed by atoms with Crippen LogP contribution in [0.25, 0.3) is 0 Å². The van der Waals surface area contributed by atoms with Crippen molar-refractivity contribution in [2.24, 2.45) is 11.5 Å². The Labute approximate surface area is 127 Å². The number of carboxylic acid groups (broad SMARTS) is 1. The first kappa shape index (κ1) is 18.1. The summed E-state index contributed by atoms with van der Waals surface area (Å²) in [7, 11) is 0. The molecule has 1 fully saturated rings. The van der Waals surface area contributed by atoms with E-state index in [1.165, 1.54) is 11.8 Å². The van der Waals surface area contributed by atoms with Crippen molar-refractivity contribution < 1.29 is 29.0 Å². The number of aliphatic carboxylic acids is 1. The number of rotatable bonds is 6. The molecule has 124 valence electrons. The normalized spacial score (nSPS) is 22.2. The van der Waals surface area contributed by atoms with Crippen LogP contribution in [0.5, 0.6) is 0 Å². The summed E-state index contributed by atoms with van der Waals surface area (Å²) in [6.45, 7) is 1.63. The van der Waals surface area contributed by atoms with Gasteiger partial charge in [0.2, 0.25) is 5.91 Å². The molecule has 0 aromatic carbocycles. The summed E-state index contributed by atoms with van der Waals surface area (Å²) >= 11 is 0. The molecule has 22 heavy (non-hydrogen) atoms. The lowest BCUT2D eigenvalue weighted by molar-refractivity contribution is -0.170. The number of nitrogens with zero attached hydrogens (tertiary/aromatic N) is 1. The molecule has 5 N–H and O–H groups in total. The Morgan fingerprint density at radius 3 is 2.55 bits per heavy atom. The van der Waals surface area contributed by atoms with Gasteiger partial charge < -0.3 is 26.2 Å². The van der Waals surface area contributed by atoms with Gasteiger partial charge in [0.15, 0.2) is 0 Å². The highest BCUT2D eigenvalue weighted by Crippen LogP contribution is 2.30. The molecule has 1 rings (SSSR count). The zero-order chi connectivity index (χ0) is 16.9. The zero-order valence-electron chi connectivity index (χ0n) is 12.4. The van der Waals surface area contributed by atoms with Crippen LogP contribution < -0.4 is 11.5 Å². The van der Waals surface area contributed by atoms with Crippen LogP contribution in [-0.2, 0) is 23.9 Å². The molecule has 0 aromatic heterocycles. The van der Waals surface area contributed by atoms with Crippen molar-refractivity contribution in [1.82, 2.24) is 4.90 Å². The monoisotopic (exact) mass is 315 g/mol. The predicted octanol–water partition coefficient (Wildman–Crippen LogP) is -1.41. The molecule has 9 nitrogen and oxygen atoms in total. The number of esters is 2. The second kappa shape index (κ2) is 7.32. The van der Waals surface area contributed by atoms with Crippen LogP contribution in [-0.4, -0.2) is 58.5 Å². The minimum atomic E-state index is -1.25. The Morgan fingerprint density at radius 1 is 1.36 bits per heavy atom. The highest BCUT2D eigenvalue weighted by Gasteiger charge is 2.47. The highest BCUT2D eigenvalue weighted by atomic mass is 16.6. The van der Waals surface area contributed by atoms with Gasteiger partial charge in [-0.15, -0.1) is 0 Å². The van der Waals surface area contributed by atoms with Crippen molar-refractivity contribution in [3.63, 3.8) is 0 Å². The molecule has 0 spiro atoms. The second-order valence-electron chi connectivity index (χ2n) is 5.37. The largest absolute Gasteiger partial charge is 0.481 e. The number of hydrogen-bond donors (Lipinski definition) is 3. The molecule has 1 aliphatic heterocycles. The van der Waals surface area contributed by atoms with E-state index in [0.717, 1.165) is 0 Å². The maximum Gasteiger partial charge on any atom is 0.339 e. The Hall–Kier alpha value is -2.00. The molecule has 2 atom stereocenters. The van der Waals surface area contributed by atoms with Crippen molar-refractivity contribution in [3.8, 4) is 0 Å². The first-order valence-electron chi connectivity index (χ1n) is 6.96. The fraction of sp³-hybridized carbons (Fsp3) is 0.692. The van der Waals surface area contributed by atoms with Gasteiger partial charge in [-0.05, 0) is 26.2 Å². The fourth-order valence-electron chi connectivity index (χ4n) is 2.36. The van der Waals surface area contributed by atoms with E-state index < -0.39 is 35.4 Å². The van der Waals surface area contributed by atoms with Gasteiger partial charge in [0.25, 0.3) is 0 Å². The molecule has 0 aliphatic carbocycles. The average molecular weight is 315 g/mol. The number of amides is 1. The van der Waals surface area contributed by atoms with E-state index in [9.17, 15) is 19.2 Å². The highest BCUT2D eigenvalue weighted by molar-refractivity contribution is 5.96. The van der Waals surface area contributed by atoms with Crippen molar-refractivity contribution in [1.29, 1.82) is 0 Å². The van der Waals surface area contributed by atoms with Crippen LogP contribution in [0, 0.1) is 0 Å². The number of nitrogens with two attached hydrogens (primary N) is 2. The standard InChI is InChI=1S/C13H21N3O6/c1-13(5-2-6-16(13)9(17)7-14)12(21)22-11(20)8(15)3-4-10(18)19/h8H,2-7,14-15H2,1H3,(H,18,19)/t8-,13-/m0/s1. The van der Waals surface area contributed by atoms with Gasteiger partial charge in [-0.2, -0.15) is 0 Å². The minimum absolute atomic E-state index is 0.135. The maximum absolute atomic E-state index is 12.2. The first-order chi connectivity index (χ1) is 10.2. The summed E-state index contributed by atoms with van der Waals surface area (Å²) in [6.07, 6.45) is 0.509. The molecular formula is C13H21N3O6.